The first kappa shape index (κ1) is 13.7. The summed E-state index contributed by atoms with van der Waals surface area (Å²) in [7, 11) is 0. The second kappa shape index (κ2) is 6.04. The number of hydrogen-bond acceptors (Lipinski definition) is 3. The Kier molecular flexibility index (Phi) is 4.16. The molecule has 0 amide bonds. The van der Waals surface area contributed by atoms with Gasteiger partial charge in [-0.25, -0.2) is 0 Å². The van der Waals surface area contributed by atoms with Gasteiger partial charge in [0, 0.05) is 17.7 Å². The maximum Gasteiger partial charge on any atom is 0.127 e. The molecule has 0 spiro atoms. The topological polar surface area (TPSA) is 41.5 Å². The summed E-state index contributed by atoms with van der Waals surface area (Å²) in [5.74, 6) is 1.90. The van der Waals surface area contributed by atoms with Gasteiger partial charge in [0.15, 0.2) is 0 Å². The number of rotatable bonds is 3. The first-order chi connectivity index (χ1) is 9.74. The SMILES string of the molecule is C[C@H](NC1COc2cc(O)ccc21)C1CCCCCC1. The Balaban J connectivity index is 1.64. The van der Waals surface area contributed by atoms with Gasteiger partial charge < -0.3 is 15.2 Å². The number of phenols is 1. The summed E-state index contributed by atoms with van der Waals surface area (Å²) in [6, 6.07) is 6.24. The van der Waals surface area contributed by atoms with E-state index < -0.39 is 0 Å². The highest BCUT2D eigenvalue weighted by Crippen LogP contribution is 2.36. The zero-order chi connectivity index (χ0) is 13.9. The molecule has 0 radical (unpaired) electrons. The van der Waals surface area contributed by atoms with Gasteiger partial charge in [0.1, 0.15) is 18.1 Å². The summed E-state index contributed by atoms with van der Waals surface area (Å²) in [6.45, 7) is 2.99. The zero-order valence-electron chi connectivity index (χ0n) is 12.3. The smallest absolute Gasteiger partial charge is 0.127 e. The number of hydrogen-bond donors (Lipinski definition) is 2. The minimum Gasteiger partial charge on any atom is -0.508 e. The molecule has 3 heteroatoms. The molecule has 2 aliphatic rings. The van der Waals surface area contributed by atoms with Crippen molar-refractivity contribution >= 4 is 0 Å². The summed E-state index contributed by atoms with van der Waals surface area (Å²) >= 11 is 0. The van der Waals surface area contributed by atoms with Crippen LogP contribution in [0.15, 0.2) is 18.2 Å². The van der Waals surface area contributed by atoms with Crippen LogP contribution in [0.2, 0.25) is 0 Å². The van der Waals surface area contributed by atoms with E-state index in [2.05, 4.69) is 12.2 Å². The van der Waals surface area contributed by atoms with E-state index in [9.17, 15) is 5.11 Å². The fourth-order valence-electron chi connectivity index (χ4n) is 3.60. The predicted molar refractivity (Wildman–Crippen MR) is 80.1 cm³/mol. The fourth-order valence-corrected chi connectivity index (χ4v) is 3.60. The lowest BCUT2D eigenvalue weighted by atomic mass is 9.92. The van der Waals surface area contributed by atoms with Crippen molar-refractivity contribution in [1.82, 2.24) is 5.32 Å². The van der Waals surface area contributed by atoms with Crippen LogP contribution in [0, 0.1) is 5.92 Å². The van der Waals surface area contributed by atoms with Crippen LogP contribution in [0.1, 0.15) is 57.1 Å². The summed E-state index contributed by atoms with van der Waals surface area (Å²) in [4.78, 5) is 0. The van der Waals surface area contributed by atoms with E-state index in [0.29, 0.717) is 12.6 Å². The highest BCUT2D eigenvalue weighted by atomic mass is 16.5. The van der Waals surface area contributed by atoms with Gasteiger partial charge in [0.2, 0.25) is 0 Å². The lowest BCUT2D eigenvalue weighted by molar-refractivity contribution is 0.263. The van der Waals surface area contributed by atoms with Crippen molar-refractivity contribution in [3.8, 4) is 11.5 Å². The third-order valence-electron chi connectivity index (χ3n) is 4.85. The van der Waals surface area contributed by atoms with E-state index in [4.69, 9.17) is 4.74 Å². The minimum atomic E-state index is 0.267. The number of aromatic hydroxyl groups is 1. The van der Waals surface area contributed by atoms with Gasteiger partial charge in [0.05, 0.1) is 6.04 Å². The highest BCUT2D eigenvalue weighted by molar-refractivity contribution is 5.44. The summed E-state index contributed by atoms with van der Waals surface area (Å²) in [5, 5.41) is 13.2. The van der Waals surface area contributed by atoms with Crippen LogP contribution in [-0.4, -0.2) is 17.8 Å². The Morgan fingerprint density at radius 3 is 2.70 bits per heavy atom. The summed E-state index contributed by atoms with van der Waals surface area (Å²) in [5.41, 5.74) is 1.18. The molecular formula is C17H25NO2. The molecule has 1 aromatic carbocycles. The molecule has 2 N–H and O–H groups in total. The minimum absolute atomic E-state index is 0.267. The van der Waals surface area contributed by atoms with Crippen LogP contribution in [0.4, 0.5) is 0 Å². The van der Waals surface area contributed by atoms with Gasteiger partial charge in [-0.1, -0.05) is 25.7 Å². The molecule has 0 saturated heterocycles. The molecule has 110 valence electrons. The van der Waals surface area contributed by atoms with Crippen LogP contribution in [-0.2, 0) is 0 Å². The first-order valence-corrected chi connectivity index (χ1v) is 7.96. The average Bonchev–Trinajstić information content (AvgIpc) is 2.66. The summed E-state index contributed by atoms with van der Waals surface area (Å²) < 4.78 is 5.68. The van der Waals surface area contributed by atoms with Crippen LogP contribution in [0.5, 0.6) is 11.5 Å². The first-order valence-electron chi connectivity index (χ1n) is 7.96. The van der Waals surface area contributed by atoms with Crippen molar-refractivity contribution in [2.75, 3.05) is 6.61 Å². The molecule has 1 fully saturated rings. The van der Waals surface area contributed by atoms with Crippen molar-refractivity contribution in [1.29, 1.82) is 0 Å². The Morgan fingerprint density at radius 1 is 1.20 bits per heavy atom. The predicted octanol–water partition coefficient (Wildman–Crippen LogP) is 3.77. The van der Waals surface area contributed by atoms with E-state index in [1.807, 2.05) is 6.07 Å². The second-order valence-corrected chi connectivity index (χ2v) is 6.29. The Bertz CT molecular complexity index is 452. The zero-order valence-corrected chi connectivity index (χ0v) is 12.3. The molecule has 1 aliphatic carbocycles. The van der Waals surface area contributed by atoms with Gasteiger partial charge in [-0.2, -0.15) is 0 Å². The van der Waals surface area contributed by atoms with Crippen molar-refractivity contribution in [2.24, 2.45) is 5.92 Å². The third-order valence-corrected chi connectivity index (χ3v) is 4.85. The number of nitrogens with one attached hydrogen (secondary N) is 1. The van der Waals surface area contributed by atoms with Gasteiger partial charge in [-0.05, 0) is 37.8 Å². The van der Waals surface area contributed by atoms with E-state index in [1.165, 1.54) is 44.1 Å². The standard InChI is InChI=1S/C17H25NO2/c1-12(13-6-4-2-3-5-7-13)18-16-11-20-17-10-14(19)8-9-15(16)17/h8-10,12-13,16,18-19H,2-7,11H2,1H3/t12-,16?/m0/s1. The second-order valence-electron chi connectivity index (χ2n) is 6.29. The normalized spacial score (nSPS) is 24.8. The van der Waals surface area contributed by atoms with Gasteiger partial charge in [-0.15, -0.1) is 0 Å². The number of phenolic OH excluding ortho intramolecular Hbond substituents is 1. The lowest BCUT2D eigenvalue weighted by Gasteiger charge is -2.26. The maximum absolute atomic E-state index is 9.50. The molecule has 3 rings (SSSR count). The quantitative estimate of drug-likeness (QED) is 0.825. The maximum atomic E-state index is 9.50. The Hall–Kier alpha value is -1.22. The molecule has 1 aliphatic heterocycles. The number of ether oxygens (including phenoxy) is 1. The van der Waals surface area contributed by atoms with E-state index >= 15 is 0 Å². The van der Waals surface area contributed by atoms with E-state index in [-0.39, 0.29) is 11.8 Å². The van der Waals surface area contributed by atoms with Crippen LogP contribution in [0.25, 0.3) is 0 Å². The molecule has 1 aromatic rings. The molecule has 1 heterocycles. The van der Waals surface area contributed by atoms with Crippen LogP contribution < -0.4 is 10.1 Å². The van der Waals surface area contributed by atoms with E-state index in [0.717, 1.165) is 11.7 Å². The highest BCUT2D eigenvalue weighted by Gasteiger charge is 2.28. The van der Waals surface area contributed by atoms with E-state index in [1.54, 1.807) is 12.1 Å². The molecule has 20 heavy (non-hydrogen) atoms. The fraction of sp³-hybridized carbons (Fsp3) is 0.647. The van der Waals surface area contributed by atoms with Crippen LogP contribution >= 0.6 is 0 Å². The van der Waals surface area contributed by atoms with Crippen molar-refractivity contribution in [3.63, 3.8) is 0 Å². The lowest BCUT2D eigenvalue weighted by Crippen LogP contribution is -2.37. The molecular weight excluding hydrogens is 250 g/mol. The van der Waals surface area contributed by atoms with Gasteiger partial charge in [-0.3, -0.25) is 0 Å². The third kappa shape index (κ3) is 2.93. The van der Waals surface area contributed by atoms with Gasteiger partial charge >= 0.3 is 0 Å². The van der Waals surface area contributed by atoms with Crippen molar-refractivity contribution < 1.29 is 9.84 Å². The summed E-state index contributed by atoms with van der Waals surface area (Å²) in [6.07, 6.45) is 8.26. The molecule has 3 nitrogen and oxygen atoms in total. The largest absolute Gasteiger partial charge is 0.508 e. The molecule has 2 atom stereocenters. The van der Waals surface area contributed by atoms with Crippen molar-refractivity contribution in [3.05, 3.63) is 23.8 Å². The van der Waals surface area contributed by atoms with Crippen LogP contribution in [0.3, 0.4) is 0 Å². The Labute approximate surface area is 121 Å². The average molecular weight is 275 g/mol. The van der Waals surface area contributed by atoms with Gasteiger partial charge in [0.25, 0.3) is 0 Å². The molecule has 0 aromatic heterocycles. The monoisotopic (exact) mass is 275 g/mol. The van der Waals surface area contributed by atoms with Crippen molar-refractivity contribution in [2.45, 2.75) is 57.5 Å². The number of fused-ring (bicyclic) bond motifs is 1. The molecule has 0 bridgehead atoms. The molecule has 1 saturated carbocycles. The molecule has 1 unspecified atom stereocenters. The Morgan fingerprint density at radius 2 is 1.95 bits per heavy atom. The number of benzene rings is 1.